The maximum atomic E-state index is 12.0. The maximum absolute atomic E-state index is 12.0. The van der Waals surface area contributed by atoms with Crippen molar-refractivity contribution in [2.24, 2.45) is 0 Å². The molecule has 0 saturated carbocycles. The predicted molar refractivity (Wildman–Crippen MR) is 89.4 cm³/mol. The van der Waals surface area contributed by atoms with Crippen LogP contribution in [0.3, 0.4) is 0 Å². The molecule has 0 aliphatic rings. The van der Waals surface area contributed by atoms with Crippen molar-refractivity contribution in [2.45, 2.75) is 13.3 Å². The Bertz CT molecular complexity index is 600. The minimum atomic E-state index is -3.31. The monoisotopic (exact) mass is 327 g/mol. The molecule has 0 aliphatic carbocycles. The maximum Gasteiger partial charge on any atom is 0.225 e. The van der Waals surface area contributed by atoms with Gasteiger partial charge < -0.3 is 10.2 Å². The Morgan fingerprint density at radius 3 is 2.32 bits per heavy atom. The molecule has 1 aromatic carbocycles. The van der Waals surface area contributed by atoms with Crippen LogP contribution in [-0.4, -0.2) is 63.5 Å². The van der Waals surface area contributed by atoms with Crippen molar-refractivity contribution in [1.29, 1.82) is 0 Å². The predicted octanol–water partition coefficient (Wildman–Crippen LogP) is 1.15. The first-order chi connectivity index (χ1) is 10.2. The van der Waals surface area contributed by atoms with Gasteiger partial charge in [-0.3, -0.25) is 4.79 Å². The van der Waals surface area contributed by atoms with Gasteiger partial charge in [0.2, 0.25) is 15.9 Å². The van der Waals surface area contributed by atoms with E-state index in [4.69, 9.17) is 0 Å². The van der Waals surface area contributed by atoms with Crippen LogP contribution in [-0.2, 0) is 14.8 Å². The van der Waals surface area contributed by atoms with E-state index in [0.29, 0.717) is 13.1 Å². The zero-order chi connectivity index (χ0) is 16.8. The number of carbonyl (C=O) groups excluding carboxylic acids is 1. The van der Waals surface area contributed by atoms with E-state index in [1.165, 1.54) is 10.6 Å². The number of nitrogens with one attached hydrogen (secondary N) is 1. The summed E-state index contributed by atoms with van der Waals surface area (Å²) in [4.78, 5) is 13.9. The van der Waals surface area contributed by atoms with Gasteiger partial charge in [-0.05, 0) is 32.6 Å². The van der Waals surface area contributed by atoms with Crippen LogP contribution in [0.2, 0.25) is 0 Å². The number of carbonyl (C=O) groups is 1. The molecule has 0 aliphatic heterocycles. The number of amides is 1. The molecule has 0 heterocycles. The first-order valence-corrected chi connectivity index (χ1v) is 9.00. The molecule has 0 bridgehead atoms. The Labute approximate surface area is 133 Å². The number of likely N-dealkylation sites (N-methyl/N-ethyl adjacent to an activating group) is 1. The summed E-state index contributed by atoms with van der Waals surface area (Å²) in [6, 6.07) is 7.49. The average molecular weight is 327 g/mol. The fourth-order valence-electron chi connectivity index (χ4n) is 1.91. The summed E-state index contributed by atoms with van der Waals surface area (Å²) < 4.78 is 24.8. The number of hydrogen-bond donors (Lipinski definition) is 1. The highest BCUT2D eigenvalue weighted by Crippen LogP contribution is 2.13. The second-order valence-corrected chi connectivity index (χ2v) is 7.56. The minimum absolute atomic E-state index is 0.134. The Hall–Kier alpha value is -1.44. The fraction of sp³-hybridized carbons (Fsp3) is 0.533. The van der Waals surface area contributed by atoms with Gasteiger partial charge in [0.15, 0.2) is 0 Å². The quantitative estimate of drug-likeness (QED) is 0.777. The van der Waals surface area contributed by atoms with Crippen molar-refractivity contribution in [3.05, 3.63) is 29.8 Å². The van der Waals surface area contributed by atoms with Gasteiger partial charge in [-0.15, -0.1) is 0 Å². The molecule has 124 valence electrons. The standard InChI is InChI=1S/C15H25N3O3S/c1-13-7-5-6-8-14(13)16-15(19)9-10-18(22(4,20)21)12-11-17(2)3/h5-8H,9-12H2,1-4H3,(H,16,19). The van der Waals surface area contributed by atoms with E-state index >= 15 is 0 Å². The smallest absolute Gasteiger partial charge is 0.225 e. The number of anilines is 1. The lowest BCUT2D eigenvalue weighted by atomic mass is 10.2. The van der Waals surface area contributed by atoms with E-state index in [9.17, 15) is 13.2 Å². The van der Waals surface area contributed by atoms with Gasteiger partial charge in [0.05, 0.1) is 6.26 Å². The van der Waals surface area contributed by atoms with E-state index < -0.39 is 10.0 Å². The van der Waals surface area contributed by atoms with Crippen LogP contribution in [0.1, 0.15) is 12.0 Å². The molecule has 0 radical (unpaired) electrons. The average Bonchev–Trinajstić information content (AvgIpc) is 2.39. The molecule has 0 spiro atoms. The second kappa shape index (κ2) is 8.26. The lowest BCUT2D eigenvalue weighted by Crippen LogP contribution is -2.37. The van der Waals surface area contributed by atoms with Crippen molar-refractivity contribution in [3.63, 3.8) is 0 Å². The molecule has 1 rings (SSSR count). The molecule has 0 saturated heterocycles. The van der Waals surface area contributed by atoms with E-state index in [1.54, 1.807) is 0 Å². The summed E-state index contributed by atoms with van der Waals surface area (Å²) >= 11 is 0. The first-order valence-electron chi connectivity index (χ1n) is 7.15. The molecule has 1 aromatic rings. The van der Waals surface area contributed by atoms with E-state index in [0.717, 1.165) is 11.3 Å². The molecule has 0 unspecified atom stereocenters. The van der Waals surface area contributed by atoms with Crippen LogP contribution < -0.4 is 5.32 Å². The molecule has 22 heavy (non-hydrogen) atoms. The van der Waals surface area contributed by atoms with Gasteiger partial charge in [0.1, 0.15) is 0 Å². The molecular weight excluding hydrogens is 302 g/mol. The summed E-state index contributed by atoms with van der Waals surface area (Å²) in [7, 11) is 0.450. The van der Waals surface area contributed by atoms with E-state index in [2.05, 4.69) is 5.32 Å². The fourth-order valence-corrected chi connectivity index (χ4v) is 2.74. The number of benzene rings is 1. The van der Waals surface area contributed by atoms with Crippen molar-refractivity contribution in [2.75, 3.05) is 45.3 Å². The third-order valence-corrected chi connectivity index (χ3v) is 4.58. The summed E-state index contributed by atoms with van der Waals surface area (Å²) in [5.41, 5.74) is 1.73. The minimum Gasteiger partial charge on any atom is -0.326 e. The topological polar surface area (TPSA) is 69.7 Å². The highest BCUT2D eigenvalue weighted by atomic mass is 32.2. The highest BCUT2D eigenvalue weighted by Gasteiger charge is 2.18. The summed E-state index contributed by atoms with van der Waals surface area (Å²) in [6.07, 6.45) is 1.30. The molecule has 0 aromatic heterocycles. The number of nitrogens with zero attached hydrogens (tertiary/aromatic N) is 2. The Balaban J connectivity index is 2.57. The van der Waals surface area contributed by atoms with Gasteiger partial charge in [-0.25, -0.2) is 12.7 Å². The Morgan fingerprint density at radius 1 is 1.14 bits per heavy atom. The zero-order valence-electron chi connectivity index (χ0n) is 13.7. The molecule has 0 fully saturated rings. The third kappa shape index (κ3) is 6.55. The summed E-state index contributed by atoms with van der Waals surface area (Å²) in [5, 5.41) is 2.81. The van der Waals surface area contributed by atoms with Crippen LogP contribution in [0, 0.1) is 6.92 Å². The second-order valence-electron chi connectivity index (χ2n) is 5.58. The summed E-state index contributed by atoms with van der Waals surface area (Å²) in [5.74, 6) is -0.187. The molecule has 6 nitrogen and oxygen atoms in total. The molecule has 7 heteroatoms. The highest BCUT2D eigenvalue weighted by molar-refractivity contribution is 7.88. The van der Waals surface area contributed by atoms with Gasteiger partial charge >= 0.3 is 0 Å². The number of para-hydroxylation sites is 1. The molecule has 1 amide bonds. The van der Waals surface area contributed by atoms with Crippen molar-refractivity contribution >= 4 is 21.6 Å². The SMILES string of the molecule is Cc1ccccc1NC(=O)CCN(CCN(C)C)S(C)(=O)=O. The van der Waals surface area contributed by atoms with Gasteiger partial charge in [0.25, 0.3) is 0 Å². The van der Waals surface area contributed by atoms with Gasteiger partial charge in [-0.2, -0.15) is 0 Å². The number of rotatable bonds is 8. The van der Waals surface area contributed by atoms with Crippen molar-refractivity contribution in [3.8, 4) is 0 Å². The van der Waals surface area contributed by atoms with Crippen molar-refractivity contribution in [1.82, 2.24) is 9.21 Å². The van der Waals surface area contributed by atoms with Crippen LogP contribution in [0.25, 0.3) is 0 Å². The third-order valence-electron chi connectivity index (χ3n) is 3.27. The van der Waals surface area contributed by atoms with Crippen LogP contribution in [0.15, 0.2) is 24.3 Å². The normalized spacial score (nSPS) is 11.9. The largest absolute Gasteiger partial charge is 0.326 e. The van der Waals surface area contributed by atoms with E-state index in [1.807, 2.05) is 50.2 Å². The van der Waals surface area contributed by atoms with Crippen molar-refractivity contribution < 1.29 is 13.2 Å². The summed E-state index contributed by atoms with van der Waals surface area (Å²) in [6.45, 7) is 3.09. The number of hydrogen-bond acceptors (Lipinski definition) is 4. The Kier molecular flexibility index (Phi) is 6.99. The lowest BCUT2D eigenvalue weighted by molar-refractivity contribution is -0.116. The van der Waals surface area contributed by atoms with E-state index in [-0.39, 0.29) is 18.9 Å². The van der Waals surface area contributed by atoms with Crippen LogP contribution >= 0.6 is 0 Å². The van der Waals surface area contributed by atoms with Gasteiger partial charge in [-0.1, -0.05) is 18.2 Å². The number of aryl methyl sites for hydroxylation is 1. The lowest BCUT2D eigenvalue weighted by Gasteiger charge is -2.21. The zero-order valence-corrected chi connectivity index (χ0v) is 14.5. The van der Waals surface area contributed by atoms with Crippen LogP contribution in [0.5, 0.6) is 0 Å². The van der Waals surface area contributed by atoms with Gasteiger partial charge in [0, 0.05) is 31.7 Å². The van der Waals surface area contributed by atoms with Crippen LogP contribution in [0.4, 0.5) is 5.69 Å². The molecule has 1 N–H and O–H groups in total. The first kappa shape index (κ1) is 18.6. The Morgan fingerprint density at radius 2 is 1.77 bits per heavy atom. The number of sulfonamides is 1. The molecule has 0 atom stereocenters. The molecular formula is C15H25N3O3S.